The number of nitrogen functional groups attached to an aromatic ring is 1. The van der Waals surface area contributed by atoms with Gasteiger partial charge in [-0.1, -0.05) is 38.5 Å². The van der Waals surface area contributed by atoms with Gasteiger partial charge in [0.05, 0.1) is 0 Å². The van der Waals surface area contributed by atoms with Crippen molar-refractivity contribution in [2.45, 2.75) is 52.7 Å². The molecule has 1 heterocycles. The number of aromatic amines is 1. The quantitative estimate of drug-likeness (QED) is 0.684. The van der Waals surface area contributed by atoms with Crippen LogP contribution in [0.2, 0.25) is 0 Å². The molecule has 28 heavy (non-hydrogen) atoms. The van der Waals surface area contributed by atoms with Crippen molar-refractivity contribution in [3.05, 3.63) is 51.2 Å². The van der Waals surface area contributed by atoms with Gasteiger partial charge in [0.25, 0.3) is 11.5 Å². The number of hydrogen-bond donors (Lipinski definition) is 2. The number of aromatic nitrogens is 2. The minimum absolute atomic E-state index is 0.00379. The van der Waals surface area contributed by atoms with Gasteiger partial charge >= 0.3 is 5.69 Å². The second-order valence-electron chi connectivity index (χ2n) is 6.56. The van der Waals surface area contributed by atoms with E-state index in [1.54, 1.807) is 19.1 Å². The Labute approximate surface area is 163 Å². The molecule has 2 aromatic rings. The predicted molar refractivity (Wildman–Crippen MR) is 110 cm³/mol. The topological polar surface area (TPSA) is 110 Å². The summed E-state index contributed by atoms with van der Waals surface area (Å²) in [7, 11) is 0. The summed E-state index contributed by atoms with van der Waals surface area (Å²) < 4.78 is 7.02. The second-order valence-corrected chi connectivity index (χ2v) is 6.56. The molecule has 1 atom stereocenters. The summed E-state index contributed by atoms with van der Waals surface area (Å²) in [4.78, 5) is 41.3. The van der Waals surface area contributed by atoms with Gasteiger partial charge in [0.2, 0.25) is 0 Å². The number of rotatable bonds is 9. The molecule has 3 N–H and O–H groups in total. The first-order chi connectivity index (χ1) is 13.4. The number of amides is 1. The Bertz CT molecular complexity index is 905. The zero-order chi connectivity index (χ0) is 20.7. The molecule has 1 unspecified atom stereocenters. The normalized spacial score (nSPS) is 11.8. The molecule has 1 amide bonds. The van der Waals surface area contributed by atoms with Crippen LogP contribution in [-0.2, 0) is 11.3 Å². The van der Waals surface area contributed by atoms with Crippen molar-refractivity contribution in [2.24, 2.45) is 0 Å². The Kier molecular flexibility index (Phi) is 7.43. The number of hydrogen-bond acceptors (Lipinski definition) is 5. The molecule has 0 radical (unpaired) electrons. The van der Waals surface area contributed by atoms with Crippen molar-refractivity contribution in [3.63, 3.8) is 0 Å². The van der Waals surface area contributed by atoms with E-state index < -0.39 is 23.3 Å². The minimum Gasteiger partial charge on any atom is -0.481 e. The summed E-state index contributed by atoms with van der Waals surface area (Å²) in [6.07, 6.45) is 1.37. The predicted octanol–water partition coefficient (Wildman–Crippen LogP) is 2.13. The van der Waals surface area contributed by atoms with Gasteiger partial charge < -0.3 is 15.4 Å². The third-order valence-electron chi connectivity index (χ3n) is 4.34. The molecule has 0 saturated heterocycles. The lowest BCUT2D eigenvalue weighted by Gasteiger charge is -2.27. The molecule has 0 saturated carbocycles. The summed E-state index contributed by atoms with van der Waals surface area (Å²) >= 11 is 0. The van der Waals surface area contributed by atoms with Crippen LogP contribution in [0.15, 0.2) is 39.9 Å². The molecule has 1 aromatic heterocycles. The average molecular weight is 388 g/mol. The maximum atomic E-state index is 13.1. The van der Waals surface area contributed by atoms with E-state index in [0.29, 0.717) is 18.7 Å². The van der Waals surface area contributed by atoms with Crippen LogP contribution in [0.3, 0.4) is 0 Å². The smallest absolute Gasteiger partial charge is 0.330 e. The lowest BCUT2D eigenvalue weighted by molar-refractivity contribution is -0.124. The van der Waals surface area contributed by atoms with E-state index >= 15 is 0 Å². The molecule has 0 aliphatic heterocycles. The summed E-state index contributed by atoms with van der Waals surface area (Å²) in [5.74, 6) is 0.147. The van der Waals surface area contributed by atoms with Gasteiger partial charge in [0.15, 0.2) is 11.8 Å². The van der Waals surface area contributed by atoms with Gasteiger partial charge in [-0.2, -0.15) is 0 Å². The zero-order valence-electron chi connectivity index (χ0n) is 16.6. The number of H-pyrrole nitrogens is 1. The highest BCUT2D eigenvalue weighted by molar-refractivity contribution is 5.98. The van der Waals surface area contributed by atoms with Crippen LogP contribution >= 0.6 is 0 Å². The Morgan fingerprint density at radius 2 is 1.89 bits per heavy atom. The van der Waals surface area contributed by atoms with Crippen molar-refractivity contribution in [3.8, 4) is 5.75 Å². The van der Waals surface area contributed by atoms with Crippen LogP contribution in [0.1, 0.15) is 40.0 Å². The largest absolute Gasteiger partial charge is 0.481 e. The SMILES string of the molecule is CCCCn1c(N)c(N(CCC)C(=O)C(C)Oc2ccccc2)c(=O)[nH]c1=O. The Morgan fingerprint density at radius 1 is 1.21 bits per heavy atom. The molecule has 2 rings (SSSR count). The van der Waals surface area contributed by atoms with E-state index in [2.05, 4.69) is 4.98 Å². The van der Waals surface area contributed by atoms with Gasteiger partial charge in [-0.05, 0) is 31.9 Å². The first-order valence-electron chi connectivity index (χ1n) is 9.56. The molecule has 0 bridgehead atoms. The van der Waals surface area contributed by atoms with Crippen molar-refractivity contribution in [1.82, 2.24) is 9.55 Å². The van der Waals surface area contributed by atoms with Crippen LogP contribution in [0.25, 0.3) is 0 Å². The van der Waals surface area contributed by atoms with Crippen molar-refractivity contribution in [2.75, 3.05) is 17.2 Å². The first kappa shape index (κ1) is 21.3. The van der Waals surface area contributed by atoms with Gasteiger partial charge in [0, 0.05) is 13.1 Å². The number of nitrogens with zero attached hydrogens (tertiary/aromatic N) is 2. The summed E-state index contributed by atoms with van der Waals surface area (Å²) in [5, 5.41) is 0. The second kappa shape index (κ2) is 9.77. The summed E-state index contributed by atoms with van der Waals surface area (Å²) in [6.45, 7) is 6.15. The van der Waals surface area contributed by atoms with E-state index in [1.807, 2.05) is 32.0 Å². The molecule has 8 nitrogen and oxygen atoms in total. The summed E-state index contributed by atoms with van der Waals surface area (Å²) in [6, 6.07) is 8.97. The fraction of sp³-hybridized carbons (Fsp3) is 0.450. The van der Waals surface area contributed by atoms with E-state index in [0.717, 1.165) is 12.8 Å². The number of nitrogens with two attached hydrogens (primary N) is 1. The van der Waals surface area contributed by atoms with E-state index in [1.165, 1.54) is 9.47 Å². The van der Waals surface area contributed by atoms with Gasteiger partial charge in [0.1, 0.15) is 11.6 Å². The zero-order valence-corrected chi connectivity index (χ0v) is 16.6. The highest BCUT2D eigenvalue weighted by Gasteiger charge is 2.28. The Hall–Kier alpha value is -3.03. The Morgan fingerprint density at radius 3 is 2.50 bits per heavy atom. The number of anilines is 2. The number of ether oxygens (including phenoxy) is 1. The number of carbonyl (C=O) groups is 1. The molecule has 0 spiro atoms. The Balaban J connectivity index is 2.40. The van der Waals surface area contributed by atoms with Crippen LogP contribution < -0.4 is 26.6 Å². The van der Waals surface area contributed by atoms with E-state index in [-0.39, 0.29) is 18.1 Å². The minimum atomic E-state index is -0.830. The average Bonchev–Trinajstić information content (AvgIpc) is 2.67. The highest BCUT2D eigenvalue weighted by Crippen LogP contribution is 2.20. The van der Waals surface area contributed by atoms with Crippen molar-refractivity contribution in [1.29, 1.82) is 0 Å². The van der Waals surface area contributed by atoms with Crippen LogP contribution in [0.4, 0.5) is 11.5 Å². The third kappa shape index (κ3) is 4.82. The maximum absolute atomic E-state index is 13.1. The highest BCUT2D eigenvalue weighted by atomic mass is 16.5. The van der Waals surface area contributed by atoms with Crippen molar-refractivity contribution >= 4 is 17.4 Å². The number of nitrogens with one attached hydrogen (secondary N) is 1. The van der Waals surface area contributed by atoms with Crippen LogP contribution in [-0.4, -0.2) is 28.1 Å². The molecule has 8 heteroatoms. The van der Waals surface area contributed by atoms with E-state index in [9.17, 15) is 14.4 Å². The molecule has 152 valence electrons. The monoisotopic (exact) mass is 388 g/mol. The number of unbranched alkanes of at least 4 members (excludes halogenated alkanes) is 1. The van der Waals surface area contributed by atoms with Crippen LogP contribution in [0, 0.1) is 0 Å². The lowest BCUT2D eigenvalue weighted by Crippen LogP contribution is -2.46. The fourth-order valence-corrected chi connectivity index (χ4v) is 2.91. The fourth-order valence-electron chi connectivity index (χ4n) is 2.91. The first-order valence-corrected chi connectivity index (χ1v) is 9.56. The summed E-state index contributed by atoms with van der Waals surface area (Å²) in [5.41, 5.74) is 4.90. The molecule has 0 aliphatic carbocycles. The van der Waals surface area contributed by atoms with Gasteiger partial charge in [-0.15, -0.1) is 0 Å². The number of para-hydroxylation sites is 1. The van der Waals surface area contributed by atoms with E-state index in [4.69, 9.17) is 10.5 Å². The molecular formula is C20H28N4O4. The van der Waals surface area contributed by atoms with Gasteiger partial charge in [-0.25, -0.2) is 4.79 Å². The molecule has 0 aliphatic rings. The van der Waals surface area contributed by atoms with Crippen molar-refractivity contribution < 1.29 is 9.53 Å². The standard InChI is InChI=1S/C20H28N4O4/c1-4-6-13-24-17(21)16(18(25)22-20(24)27)23(12-5-2)19(26)14(3)28-15-10-8-7-9-11-15/h7-11,14H,4-6,12-13,21H2,1-3H3,(H,22,25,27). The molecule has 0 fully saturated rings. The van der Waals surface area contributed by atoms with Gasteiger partial charge in [-0.3, -0.25) is 19.1 Å². The molecular weight excluding hydrogens is 360 g/mol. The van der Waals surface area contributed by atoms with Crippen LogP contribution in [0.5, 0.6) is 5.75 Å². The maximum Gasteiger partial charge on any atom is 0.330 e. The third-order valence-corrected chi connectivity index (χ3v) is 4.34. The number of carbonyl (C=O) groups excluding carboxylic acids is 1. The number of benzene rings is 1. The molecule has 1 aromatic carbocycles. The lowest BCUT2D eigenvalue weighted by atomic mass is 10.2.